The van der Waals surface area contributed by atoms with Gasteiger partial charge in [-0.15, -0.1) is 11.3 Å². The minimum Gasteiger partial charge on any atom is -0.417 e. The molecule has 0 saturated heterocycles. The molecule has 1 heterocycles. The van der Waals surface area contributed by atoms with Crippen molar-refractivity contribution in [2.24, 2.45) is 5.92 Å². The Morgan fingerprint density at radius 1 is 0.978 bits per heavy atom. The van der Waals surface area contributed by atoms with Gasteiger partial charge in [0.05, 0.1) is 27.0 Å². The van der Waals surface area contributed by atoms with Crippen LogP contribution < -0.4 is 0 Å². The van der Waals surface area contributed by atoms with Crippen LogP contribution in [-0.2, 0) is 18.7 Å². The van der Waals surface area contributed by atoms with Gasteiger partial charge in [-0.2, -0.15) is 0 Å². The average molecular weight is 692 g/mol. The summed E-state index contributed by atoms with van der Waals surface area (Å²) in [7, 11) is -7.56. The lowest BCUT2D eigenvalue weighted by Crippen LogP contribution is -2.44. The van der Waals surface area contributed by atoms with E-state index in [0.29, 0.717) is 30.8 Å². The van der Waals surface area contributed by atoms with Crippen LogP contribution in [0, 0.1) is 12.8 Å². The summed E-state index contributed by atoms with van der Waals surface area (Å²) in [4.78, 5) is 5.03. The molecule has 3 unspecified atom stereocenters. The van der Waals surface area contributed by atoms with Crippen LogP contribution >= 0.6 is 11.3 Å². The van der Waals surface area contributed by atoms with E-state index in [1.807, 2.05) is 13.0 Å². The van der Waals surface area contributed by atoms with Crippen molar-refractivity contribution in [2.45, 2.75) is 141 Å². The summed E-state index contributed by atoms with van der Waals surface area (Å²) in [6, 6.07) is 8.90. The first-order chi connectivity index (χ1) is 20.5. The number of sulfone groups is 1. The van der Waals surface area contributed by atoms with E-state index < -0.39 is 31.7 Å². The molecule has 0 radical (unpaired) electrons. The van der Waals surface area contributed by atoms with Crippen LogP contribution in [0.1, 0.15) is 92.3 Å². The van der Waals surface area contributed by atoms with Crippen molar-refractivity contribution < 1.29 is 17.3 Å². The van der Waals surface area contributed by atoms with Crippen molar-refractivity contribution in [1.29, 1.82) is 0 Å². The van der Waals surface area contributed by atoms with Gasteiger partial charge in [-0.3, -0.25) is 0 Å². The maximum absolute atomic E-state index is 14.0. The Bertz CT molecular complexity index is 1400. The van der Waals surface area contributed by atoms with E-state index in [4.69, 9.17) is 8.85 Å². The zero-order chi connectivity index (χ0) is 34.4. The molecule has 0 N–H and O–H groups in total. The van der Waals surface area contributed by atoms with Crippen molar-refractivity contribution in [2.75, 3.05) is 6.61 Å². The number of thiazole rings is 1. The SMILES string of the molecule is CC(=CCC(O[Si](C)(C)C(C)(C)C)C(C)=Cc1csc(C)n1)CC(CC(C)CO[Si](C)(C)C(C)(C)C)S(=O)(=O)c1ccccc1. The second-order valence-electron chi connectivity index (χ2n) is 15.9. The third kappa shape index (κ3) is 11.7. The lowest BCUT2D eigenvalue weighted by molar-refractivity contribution is 0.217. The number of nitrogens with zero attached hydrogens (tertiary/aromatic N) is 1. The highest BCUT2D eigenvalue weighted by Crippen LogP contribution is 2.39. The predicted octanol–water partition coefficient (Wildman–Crippen LogP) is 10.9. The minimum absolute atomic E-state index is 0.0684. The molecule has 0 aliphatic carbocycles. The number of benzene rings is 1. The number of hydrogen-bond acceptors (Lipinski definition) is 6. The van der Waals surface area contributed by atoms with Crippen LogP contribution in [0.15, 0.2) is 57.8 Å². The normalized spacial score (nSPS) is 16.5. The molecule has 9 heteroatoms. The first-order valence-electron chi connectivity index (χ1n) is 16.3. The molecule has 2 aromatic rings. The van der Waals surface area contributed by atoms with Crippen molar-refractivity contribution in [3.05, 3.63) is 63.6 Å². The van der Waals surface area contributed by atoms with Gasteiger partial charge in [-0.05, 0) is 106 Å². The Kier molecular flexibility index (Phi) is 13.9. The van der Waals surface area contributed by atoms with Crippen molar-refractivity contribution in [3.8, 4) is 0 Å². The standard InChI is InChI=1S/C36H61NO4S2Si2/c1-27(20-21-34(41-45(13,14)36(8,9)10)29(3)24-31-26-42-30(4)37-31)22-33(43(38,39)32-18-16-15-17-19-32)23-28(2)25-40-44(11,12)35(5,6)7/h15-20,24,26,28,33-34H,21-23,25H2,1-14H3. The first kappa shape index (κ1) is 39.8. The van der Waals surface area contributed by atoms with E-state index in [2.05, 4.69) is 111 Å². The molecule has 2 rings (SSSR count). The van der Waals surface area contributed by atoms with Gasteiger partial charge in [0.2, 0.25) is 0 Å². The van der Waals surface area contributed by atoms with Crippen molar-refractivity contribution in [3.63, 3.8) is 0 Å². The molecule has 5 nitrogen and oxygen atoms in total. The Labute approximate surface area is 282 Å². The molecule has 0 saturated carbocycles. The zero-order valence-corrected chi connectivity index (χ0v) is 34.2. The van der Waals surface area contributed by atoms with Crippen LogP contribution in [0.25, 0.3) is 6.08 Å². The fourth-order valence-corrected chi connectivity index (χ4v) is 9.63. The lowest BCUT2D eigenvalue weighted by atomic mass is 10.00. The number of aromatic nitrogens is 1. The topological polar surface area (TPSA) is 65.5 Å². The summed E-state index contributed by atoms with van der Waals surface area (Å²) in [5.41, 5.74) is 3.17. The fraction of sp³-hybridized carbons (Fsp3) is 0.639. The highest BCUT2D eigenvalue weighted by molar-refractivity contribution is 7.92. The lowest BCUT2D eigenvalue weighted by Gasteiger charge is -2.39. The molecule has 0 spiro atoms. The highest BCUT2D eigenvalue weighted by Gasteiger charge is 2.40. The molecular weight excluding hydrogens is 631 g/mol. The van der Waals surface area contributed by atoms with Gasteiger partial charge in [-0.25, -0.2) is 13.4 Å². The van der Waals surface area contributed by atoms with Gasteiger partial charge < -0.3 is 8.85 Å². The molecule has 0 aliphatic rings. The predicted molar refractivity (Wildman–Crippen MR) is 200 cm³/mol. The Hall–Kier alpha value is -1.37. The zero-order valence-electron chi connectivity index (χ0n) is 30.6. The van der Waals surface area contributed by atoms with E-state index in [0.717, 1.165) is 21.8 Å². The summed E-state index contributed by atoms with van der Waals surface area (Å²) in [5, 5.41) is 2.76. The fourth-order valence-electron chi connectivity index (χ4n) is 4.59. The van der Waals surface area contributed by atoms with Crippen LogP contribution in [0.2, 0.25) is 36.3 Å². The monoisotopic (exact) mass is 691 g/mol. The van der Waals surface area contributed by atoms with Gasteiger partial charge in [0.1, 0.15) is 0 Å². The Morgan fingerprint density at radius 3 is 2.07 bits per heavy atom. The maximum Gasteiger partial charge on any atom is 0.192 e. The second-order valence-corrected chi connectivity index (χ2v) is 28.8. The third-order valence-corrected chi connectivity index (χ3v) is 21.6. The van der Waals surface area contributed by atoms with E-state index in [-0.39, 0.29) is 22.1 Å². The molecule has 0 bridgehead atoms. The first-order valence-corrected chi connectivity index (χ1v) is 24.6. The van der Waals surface area contributed by atoms with Gasteiger partial charge in [0.15, 0.2) is 26.5 Å². The molecule has 45 heavy (non-hydrogen) atoms. The number of rotatable bonds is 15. The number of hydrogen-bond donors (Lipinski definition) is 0. The summed E-state index contributed by atoms with van der Waals surface area (Å²) in [6.45, 7) is 31.5. The summed E-state index contributed by atoms with van der Waals surface area (Å²) < 4.78 is 41.5. The van der Waals surface area contributed by atoms with Crippen LogP contribution in [0.5, 0.6) is 0 Å². The second kappa shape index (κ2) is 15.7. The van der Waals surface area contributed by atoms with E-state index in [1.54, 1.807) is 35.6 Å². The Balaban J connectivity index is 2.37. The van der Waals surface area contributed by atoms with E-state index in [9.17, 15) is 8.42 Å². The van der Waals surface area contributed by atoms with Gasteiger partial charge in [-0.1, -0.05) is 78.3 Å². The third-order valence-electron chi connectivity index (χ3n) is 9.70. The number of allylic oxidation sites excluding steroid dienone is 1. The Morgan fingerprint density at radius 2 is 1.56 bits per heavy atom. The summed E-state index contributed by atoms with van der Waals surface area (Å²) in [5.74, 6) is 0.108. The smallest absolute Gasteiger partial charge is 0.192 e. The summed E-state index contributed by atoms with van der Waals surface area (Å²) in [6.07, 6.45) is 5.93. The van der Waals surface area contributed by atoms with Crippen molar-refractivity contribution in [1.82, 2.24) is 4.98 Å². The van der Waals surface area contributed by atoms with Crippen LogP contribution in [0.3, 0.4) is 0 Å². The minimum atomic E-state index is -3.54. The average Bonchev–Trinajstić information content (AvgIpc) is 3.32. The molecule has 0 amide bonds. The van der Waals surface area contributed by atoms with E-state index >= 15 is 0 Å². The van der Waals surface area contributed by atoms with Gasteiger partial charge >= 0.3 is 0 Å². The maximum atomic E-state index is 14.0. The molecule has 0 aliphatic heterocycles. The quantitative estimate of drug-likeness (QED) is 0.137. The molecular formula is C36H61NO4S2Si2. The molecule has 3 atom stereocenters. The number of aryl methyl sites for hydroxylation is 1. The van der Waals surface area contributed by atoms with Crippen LogP contribution in [-0.4, -0.2) is 48.0 Å². The molecule has 0 fully saturated rings. The van der Waals surface area contributed by atoms with Crippen LogP contribution in [0.4, 0.5) is 0 Å². The highest BCUT2D eigenvalue weighted by atomic mass is 32.2. The van der Waals surface area contributed by atoms with Gasteiger partial charge in [0, 0.05) is 12.0 Å². The molecule has 254 valence electrons. The molecule has 1 aromatic heterocycles. The van der Waals surface area contributed by atoms with Gasteiger partial charge in [0.25, 0.3) is 0 Å². The largest absolute Gasteiger partial charge is 0.417 e. The molecule has 1 aromatic carbocycles. The summed E-state index contributed by atoms with van der Waals surface area (Å²) >= 11 is 1.65. The van der Waals surface area contributed by atoms with Crippen molar-refractivity contribution >= 4 is 43.9 Å². The van der Waals surface area contributed by atoms with E-state index in [1.165, 1.54) is 0 Å².